The number of amides is 1. The summed E-state index contributed by atoms with van der Waals surface area (Å²) in [6.07, 6.45) is 4.88. The molecule has 2 aromatic rings. The van der Waals surface area contributed by atoms with Crippen molar-refractivity contribution in [2.24, 2.45) is 0 Å². The highest BCUT2D eigenvalue weighted by Gasteiger charge is 2.23. The first kappa shape index (κ1) is 13.9. The summed E-state index contributed by atoms with van der Waals surface area (Å²) in [7, 11) is 0. The van der Waals surface area contributed by atoms with Crippen LogP contribution in [0.15, 0.2) is 36.5 Å². The number of H-pyrrole nitrogens is 1. The first-order valence-electron chi connectivity index (χ1n) is 7.60. The van der Waals surface area contributed by atoms with E-state index in [9.17, 15) is 4.79 Å². The standard InChI is InChI=1S/C17H21N3O/c1-13-16(12-18-19-13)17(21)20-10-5-8-15(9-11-20)14-6-3-2-4-7-14/h2-4,6-7,12,15H,5,8-11H2,1H3,(H,18,19)/t15-/m1/s1. The molecule has 4 nitrogen and oxygen atoms in total. The van der Waals surface area contributed by atoms with E-state index in [1.807, 2.05) is 11.8 Å². The lowest BCUT2D eigenvalue weighted by molar-refractivity contribution is 0.0760. The minimum Gasteiger partial charge on any atom is -0.339 e. The molecule has 1 aliphatic heterocycles. The van der Waals surface area contributed by atoms with Gasteiger partial charge in [-0.05, 0) is 37.7 Å². The lowest BCUT2D eigenvalue weighted by atomic mass is 9.92. The van der Waals surface area contributed by atoms with Gasteiger partial charge in [-0.3, -0.25) is 9.89 Å². The van der Waals surface area contributed by atoms with E-state index in [2.05, 4.69) is 40.5 Å². The highest BCUT2D eigenvalue weighted by atomic mass is 16.2. The average molecular weight is 283 g/mol. The summed E-state index contributed by atoms with van der Waals surface area (Å²) in [6, 6.07) is 10.6. The maximum atomic E-state index is 12.5. The number of nitrogens with zero attached hydrogens (tertiary/aromatic N) is 2. The van der Waals surface area contributed by atoms with Crippen molar-refractivity contribution < 1.29 is 4.79 Å². The molecule has 0 saturated carbocycles. The SMILES string of the molecule is Cc1[nH]ncc1C(=O)N1CCC[C@@H](c2ccccc2)CC1. The summed E-state index contributed by atoms with van der Waals surface area (Å²) >= 11 is 0. The first-order chi connectivity index (χ1) is 10.3. The van der Waals surface area contributed by atoms with Gasteiger partial charge < -0.3 is 4.90 Å². The van der Waals surface area contributed by atoms with E-state index in [1.165, 1.54) is 5.56 Å². The van der Waals surface area contributed by atoms with Crippen LogP contribution in [-0.2, 0) is 0 Å². The number of aryl methyl sites for hydroxylation is 1. The van der Waals surface area contributed by atoms with Crippen LogP contribution in [0.2, 0.25) is 0 Å². The Balaban J connectivity index is 1.69. The molecule has 2 heterocycles. The molecular formula is C17H21N3O. The number of benzene rings is 1. The van der Waals surface area contributed by atoms with Gasteiger partial charge in [0, 0.05) is 18.8 Å². The van der Waals surface area contributed by atoms with Gasteiger partial charge in [-0.15, -0.1) is 0 Å². The molecule has 110 valence electrons. The molecule has 1 aromatic carbocycles. The Morgan fingerprint density at radius 2 is 2.05 bits per heavy atom. The number of carbonyl (C=O) groups excluding carboxylic acids is 1. The van der Waals surface area contributed by atoms with E-state index >= 15 is 0 Å². The summed E-state index contributed by atoms with van der Waals surface area (Å²) in [4.78, 5) is 14.5. The lowest BCUT2D eigenvalue weighted by Crippen LogP contribution is -2.32. The molecule has 0 unspecified atom stereocenters. The van der Waals surface area contributed by atoms with E-state index in [0.29, 0.717) is 11.5 Å². The van der Waals surface area contributed by atoms with Gasteiger partial charge in [0.25, 0.3) is 5.91 Å². The zero-order valence-electron chi connectivity index (χ0n) is 12.4. The van der Waals surface area contributed by atoms with Gasteiger partial charge in [0.15, 0.2) is 0 Å². The fraction of sp³-hybridized carbons (Fsp3) is 0.412. The zero-order valence-corrected chi connectivity index (χ0v) is 12.4. The van der Waals surface area contributed by atoms with Crippen LogP contribution in [0.25, 0.3) is 0 Å². The molecule has 0 aliphatic carbocycles. The Morgan fingerprint density at radius 3 is 2.76 bits per heavy atom. The molecule has 0 radical (unpaired) electrons. The summed E-state index contributed by atoms with van der Waals surface area (Å²) in [5.41, 5.74) is 2.95. The molecular weight excluding hydrogens is 262 g/mol. The predicted molar refractivity (Wildman–Crippen MR) is 82.3 cm³/mol. The van der Waals surface area contributed by atoms with Gasteiger partial charge in [-0.2, -0.15) is 5.10 Å². The topological polar surface area (TPSA) is 49.0 Å². The molecule has 3 rings (SSSR count). The third-order valence-electron chi connectivity index (χ3n) is 4.35. The molecule has 1 atom stereocenters. The minimum absolute atomic E-state index is 0.106. The Hall–Kier alpha value is -2.10. The van der Waals surface area contributed by atoms with E-state index in [4.69, 9.17) is 0 Å². The molecule has 0 spiro atoms. The quantitative estimate of drug-likeness (QED) is 0.920. The van der Waals surface area contributed by atoms with Gasteiger partial charge in [0.2, 0.25) is 0 Å². The Bertz CT molecular complexity index is 606. The van der Waals surface area contributed by atoms with Crippen LogP contribution in [0.3, 0.4) is 0 Å². The zero-order chi connectivity index (χ0) is 14.7. The number of hydrogen-bond donors (Lipinski definition) is 1. The molecule has 1 aliphatic rings. The third kappa shape index (κ3) is 2.99. The van der Waals surface area contributed by atoms with Gasteiger partial charge >= 0.3 is 0 Å². The number of aromatic amines is 1. The van der Waals surface area contributed by atoms with Gasteiger partial charge in [-0.25, -0.2) is 0 Å². The number of likely N-dealkylation sites (tertiary alicyclic amines) is 1. The maximum absolute atomic E-state index is 12.5. The lowest BCUT2D eigenvalue weighted by Gasteiger charge is -2.20. The smallest absolute Gasteiger partial charge is 0.257 e. The Morgan fingerprint density at radius 1 is 1.24 bits per heavy atom. The Labute approximate surface area is 125 Å². The normalized spacial score (nSPS) is 19.3. The summed E-state index contributed by atoms with van der Waals surface area (Å²) < 4.78 is 0. The monoisotopic (exact) mass is 283 g/mol. The molecule has 0 bridgehead atoms. The van der Waals surface area contributed by atoms with Crippen molar-refractivity contribution in [1.82, 2.24) is 15.1 Å². The predicted octanol–water partition coefficient (Wildman–Crippen LogP) is 3.13. The van der Waals surface area contributed by atoms with Crippen molar-refractivity contribution in [2.75, 3.05) is 13.1 Å². The van der Waals surface area contributed by atoms with Gasteiger partial charge in [-0.1, -0.05) is 30.3 Å². The van der Waals surface area contributed by atoms with Crippen LogP contribution in [0.5, 0.6) is 0 Å². The number of carbonyl (C=O) groups is 1. The fourth-order valence-corrected chi connectivity index (χ4v) is 3.09. The first-order valence-corrected chi connectivity index (χ1v) is 7.60. The van der Waals surface area contributed by atoms with E-state index < -0.39 is 0 Å². The van der Waals surface area contributed by atoms with Crippen molar-refractivity contribution >= 4 is 5.91 Å². The molecule has 1 amide bonds. The number of nitrogens with one attached hydrogen (secondary N) is 1. The van der Waals surface area contributed by atoms with Crippen molar-refractivity contribution in [3.05, 3.63) is 53.3 Å². The number of aromatic nitrogens is 2. The largest absolute Gasteiger partial charge is 0.339 e. The number of hydrogen-bond acceptors (Lipinski definition) is 2. The summed E-state index contributed by atoms with van der Waals surface area (Å²) in [5.74, 6) is 0.671. The summed E-state index contributed by atoms with van der Waals surface area (Å²) in [5, 5.41) is 6.79. The minimum atomic E-state index is 0.106. The second-order valence-electron chi connectivity index (χ2n) is 5.74. The van der Waals surface area contributed by atoms with E-state index in [-0.39, 0.29) is 5.91 Å². The van der Waals surface area contributed by atoms with E-state index in [1.54, 1.807) is 6.20 Å². The van der Waals surface area contributed by atoms with E-state index in [0.717, 1.165) is 38.0 Å². The van der Waals surface area contributed by atoms with Crippen LogP contribution in [-0.4, -0.2) is 34.1 Å². The van der Waals surface area contributed by atoms with Crippen molar-refractivity contribution in [3.8, 4) is 0 Å². The maximum Gasteiger partial charge on any atom is 0.257 e. The molecule has 21 heavy (non-hydrogen) atoms. The van der Waals surface area contributed by atoms with Crippen LogP contribution in [0.1, 0.15) is 46.8 Å². The molecule has 4 heteroatoms. The van der Waals surface area contributed by atoms with Crippen molar-refractivity contribution in [3.63, 3.8) is 0 Å². The average Bonchev–Trinajstić information content (AvgIpc) is 2.80. The van der Waals surface area contributed by atoms with Crippen LogP contribution in [0.4, 0.5) is 0 Å². The molecule has 1 N–H and O–H groups in total. The van der Waals surface area contributed by atoms with Crippen LogP contribution >= 0.6 is 0 Å². The highest BCUT2D eigenvalue weighted by molar-refractivity contribution is 5.95. The van der Waals surface area contributed by atoms with Crippen molar-refractivity contribution in [2.45, 2.75) is 32.1 Å². The van der Waals surface area contributed by atoms with Gasteiger partial charge in [0.1, 0.15) is 0 Å². The Kier molecular flexibility index (Phi) is 4.04. The molecule has 1 saturated heterocycles. The highest BCUT2D eigenvalue weighted by Crippen LogP contribution is 2.28. The van der Waals surface area contributed by atoms with Crippen molar-refractivity contribution in [1.29, 1.82) is 0 Å². The molecule has 1 aromatic heterocycles. The summed E-state index contributed by atoms with van der Waals surface area (Å²) in [6.45, 7) is 3.56. The molecule has 1 fully saturated rings. The second-order valence-corrected chi connectivity index (χ2v) is 5.74. The number of rotatable bonds is 2. The third-order valence-corrected chi connectivity index (χ3v) is 4.35. The van der Waals surface area contributed by atoms with Crippen LogP contribution in [0, 0.1) is 6.92 Å². The van der Waals surface area contributed by atoms with Gasteiger partial charge in [0.05, 0.1) is 11.8 Å². The van der Waals surface area contributed by atoms with Crippen LogP contribution < -0.4 is 0 Å². The second kappa shape index (κ2) is 6.12. The fourth-order valence-electron chi connectivity index (χ4n) is 3.09.